The molecule has 0 aliphatic rings. The lowest BCUT2D eigenvalue weighted by molar-refractivity contribution is 0.199. The zero-order chi connectivity index (χ0) is 14.5. The Balaban J connectivity index is 2.08. The number of benzene rings is 2. The first-order valence-electron chi connectivity index (χ1n) is 6.00. The molecule has 0 radical (unpaired) electrons. The predicted molar refractivity (Wildman–Crippen MR) is 80.1 cm³/mol. The maximum atomic E-state index is 13.1. The molecule has 0 aliphatic carbocycles. The molecular formula is C15H14ClFO2S. The van der Waals surface area contributed by atoms with Gasteiger partial charge in [-0.3, -0.25) is 0 Å². The molecule has 0 saturated carbocycles. The highest BCUT2D eigenvalue weighted by Gasteiger charge is 2.14. The third-order valence-corrected chi connectivity index (χ3v) is 4.06. The summed E-state index contributed by atoms with van der Waals surface area (Å²) in [5, 5.41) is 10.8. The molecule has 0 fully saturated rings. The van der Waals surface area contributed by atoms with Crippen molar-refractivity contribution in [1.29, 1.82) is 0 Å². The van der Waals surface area contributed by atoms with Gasteiger partial charge < -0.3 is 9.84 Å². The Morgan fingerprint density at radius 2 is 2.10 bits per heavy atom. The smallest absolute Gasteiger partial charge is 0.124 e. The van der Waals surface area contributed by atoms with Gasteiger partial charge in [-0.15, -0.1) is 11.8 Å². The molecule has 1 atom stereocenters. The zero-order valence-corrected chi connectivity index (χ0v) is 12.4. The third-order valence-electron chi connectivity index (χ3n) is 2.75. The molecular weight excluding hydrogens is 299 g/mol. The highest BCUT2D eigenvalue weighted by atomic mass is 35.5. The lowest BCUT2D eigenvalue weighted by atomic mass is 10.1. The van der Waals surface area contributed by atoms with Crippen molar-refractivity contribution >= 4 is 23.4 Å². The van der Waals surface area contributed by atoms with Gasteiger partial charge in [-0.2, -0.15) is 0 Å². The summed E-state index contributed by atoms with van der Waals surface area (Å²) in [6.07, 6.45) is -0.739. The predicted octanol–water partition coefficient (Wildman–Crippen LogP) is 4.31. The van der Waals surface area contributed by atoms with Crippen LogP contribution in [0, 0.1) is 5.82 Å². The van der Waals surface area contributed by atoms with Crippen LogP contribution in [0.5, 0.6) is 5.75 Å². The van der Waals surface area contributed by atoms with E-state index >= 15 is 0 Å². The topological polar surface area (TPSA) is 29.5 Å². The number of ether oxygens (including phenoxy) is 1. The Morgan fingerprint density at radius 1 is 1.30 bits per heavy atom. The maximum absolute atomic E-state index is 13.1. The van der Waals surface area contributed by atoms with Gasteiger partial charge in [0.1, 0.15) is 11.6 Å². The minimum atomic E-state index is -0.739. The van der Waals surface area contributed by atoms with E-state index in [0.29, 0.717) is 22.1 Å². The summed E-state index contributed by atoms with van der Waals surface area (Å²) in [6.45, 7) is 0. The van der Waals surface area contributed by atoms with E-state index in [-0.39, 0.29) is 5.82 Å². The van der Waals surface area contributed by atoms with E-state index in [1.807, 2.05) is 0 Å². The summed E-state index contributed by atoms with van der Waals surface area (Å²) < 4.78 is 18.3. The molecule has 0 bridgehead atoms. The summed E-state index contributed by atoms with van der Waals surface area (Å²) in [4.78, 5) is 0.769. The van der Waals surface area contributed by atoms with E-state index in [2.05, 4.69) is 0 Å². The number of halogens is 2. The van der Waals surface area contributed by atoms with Crippen LogP contribution in [0.2, 0.25) is 5.02 Å². The van der Waals surface area contributed by atoms with Crippen molar-refractivity contribution in [2.75, 3.05) is 12.9 Å². The number of aliphatic hydroxyl groups is 1. The standard InChI is InChI=1S/C15H14ClFO2S/c1-19-15-6-5-10(16)7-13(15)14(18)9-20-12-4-2-3-11(17)8-12/h2-8,14,18H,9H2,1H3. The lowest BCUT2D eigenvalue weighted by Crippen LogP contribution is -2.03. The van der Waals surface area contributed by atoms with Crippen molar-refractivity contribution in [2.24, 2.45) is 0 Å². The average molecular weight is 313 g/mol. The van der Waals surface area contributed by atoms with Crippen molar-refractivity contribution in [3.63, 3.8) is 0 Å². The van der Waals surface area contributed by atoms with Crippen molar-refractivity contribution in [1.82, 2.24) is 0 Å². The number of thioether (sulfide) groups is 1. The van der Waals surface area contributed by atoms with Gasteiger partial charge in [0.05, 0.1) is 13.2 Å². The molecule has 1 unspecified atom stereocenters. The first-order chi connectivity index (χ1) is 9.60. The van der Waals surface area contributed by atoms with Crippen LogP contribution in [0.3, 0.4) is 0 Å². The Hall–Kier alpha value is -1.23. The van der Waals surface area contributed by atoms with Gasteiger partial charge in [0.25, 0.3) is 0 Å². The van der Waals surface area contributed by atoms with Crippen LogP contribution in [-0.4, -0.2) is 18.0 Å². The highest BCUT2D eigenvalue weighted by molar-refractivity contribution is 7.99. The molecule has 0 aromatic heterocycles. The third kappa shape index (κ3) is 3.88. The first-order valence-corrected chi connectivity index (χ1v) is 7.36. The molecule has 2 aromatic carbocycles. The Morgan fingerprint density at radius 3 is 2.80 bits per heavy atom. The van der Waals surface area contributed by atoms with Gasteiger partial charge in [-0.25, -0.2) is 4.39 Å². The van der Waals surface area contributed by atoms with Crippen LogP contribution in [0.15, 0.2) is 47.4 Å². The van der Waals surface area contributed by atoms with Crippen LogP contribution < -0.4 is 4.74 Å². The monoisotopic (exact) mass is 312 g/mol. The molecule has 2 rings (SSSR count). The number of hydrogen-bond donors (Lipinski definition) is 1. The van der Waals surface area contributed by atoms with Crippen molar-refractivity contribution in [2.45, 2.75) is 11.0 Å². The van der Waals surface area contributed by atoms with Crippen LogP contribution in [0.25, 0.3) is 0 Å². The maximum Gasteiger partial charge on any atom is 0.124 e. The zero-order valence-electron chi connectivity index (χ0n) is 10.8. The number of rotatable bonds is 5. The van der Waals surface area contributed by atoms with Crippen molar-refractivity contribution < 1.29 is 14.2 Å². The summed E-state index contributed by atoms with van der Waals surface area (Å²) >= 11 is 7.31. The molecule has 2 nitrogen and oxygen atoms in total. The second-order valence-electron chi connectivity index (χ2n) is 4.17. The molecule has 2 aromatic rings. The van der Waals surface area contributed by atoms with E-state index in [1.165, 1.54) is 23.9 Å². The molecule has 0 saturated heterocycles. The minimum absolute atomic E-state index is 0.287. The largest absolute Gasteiger partial charge is 0.496 e. The fourth-order valence-corrected chi connectivity index (χ4v) is 2.87. The molecule has 0 spiro atoms. The van der Waals surface area contributed by atoms with E-state index in [9.17, 15) is 9.50 Å². The molecule has 106 valence electrons. The van der Waals surface area contributed by atoms with Crippen LogP contribution >= 0.6 is 23.4 Å². The molecule has 0 aliphatic heterocycles. The van der Waals surface area contributed by atoms with E-state index < -0.39 is 6.10 Å². The average Bonchev–Trinajstić information content (AvgIpc) is 2.45. The fraction of sp³-hybridized carbons (Fsp3) is 0.200. The quantitative estimate of drug-likeness (QED) is 0.834. The summed E-state index contributed by atoms with van der Waals surface area (Å²) in [7, 11) is 1.54. The van der Waals surface area contributed by atoms with Crippen molar-refractivity contribution in [3.05, 3.63) is 58.9 Å². The summed E-state index contributed by atoms with van der Waals surface area (Å²) in [5.74, 6) is 0.687. The number of hydrogen-bond acceptors (Lipinski definition) is 3. The fourth-order valence-electron chi connectivity index (χ4n) is 1.79. The minimum Gasteiger partial charge on any atom is -0.496 e. The highest BCUT2D eigenvalue weighted by Crippen LogP contribution is 2.32. The van der Waals surface area contributed by atoms with E-state index in [4.69, 9.17) is 16.3 Å². The molecule has 1 N–H and O–H groups in total. The number of aliphatic hydroxyl groups excluding tert-OH is 1. The van der Waals surface area contributed by atoms with Crippen LogP contribution in [0.4, 0.5) is 4.39 Å². The van der Waals surface area contributed by atoms with Gasteiger partial charge in [-0.05, 0) is 36.4 Å². The van der Waals surface area contributed by atoms with Gasteiger partial charge in [0, 0.05) is 21.2 Å². The first kappa shape index (κ1) is 15.2. The molecule has 0 amide bonds. The SMILES string of the molecule is COc1ccc(Cl)cc1C(O)CSc1cccc(F)c1. The normalized spacial score (nSPS) is 12.2. The number of methoxy groups -OCH3 is 1. The van der Waals surface area contributed by atoms with E-state index in [1.54, 1.807) is 37.4 Å². The summed E-state index contributed by atoms with van der Waals surface area (Å²) in [6, 6.07) is 11.4. The molecule has 5 heteroatoms. The molecule has 20 heavy (non-hydrogen) atoms. The lowest BCUT2D eigenvalue weighted by Gasteiger charge is -2.15. The Kier molecular flexibility index (Phi) is 5.29. The van der Waals surface area contributed by atoms with Crippen LogP contribution in [0.1, 0.15) is 11.7 Å². The second-order valence-corrected chi connectivity index (χ2v) is 5.70. The van der Waals surface area contributed by atoms with Crippen LogP contribution in [-0.2, 0) is 0 Å². The van der Waals surface area contributed by atoms with Crippen molar-refractivity contribution in [3.8, 4) is 5.75 Å². The Bertz CT molecular complexity index is 592. The second kappa shape index (κ2) is 6.97. The molecule has 0 heterocycles. The van der Waals surface area contributed by atoms with Gasteiger partial charge >= 0.3 is 0 Å². The van der Waals surface area contributed by atoms with Gasteiger partial charge in [0.15, 0.2) is 0 Å². The Labute approximate surface area is 126 Å². The van der Waals surface area contributed by atoms with Gasteiger partial charge in [0.2, 0.25) is 0 Å². The van der Waals surface area contributed by atoms with E-state index in [0.717, 1.165) is 4.90 Å². The van der Waals surface area contributed by atoms with Gasteiger partial charge in [-0.1, -0.05) is 17.7 Å². The summed E-state index contributed by atoms with van der Waals surface area (Å²) in [5.41, 5.74) is 0.629.